The maximum atomic E-state index is 11.1. The van der Waals surface area contributed by atoms with E-state index in [9.17, 15) is 4.79 Å². The van der Waals surface area contributed by atoms with Gasteiger partial charge in [-0.2, -0.15) is 0 Å². The molecule has 0 aliphatic rings. The highest BCUT2D eigenvalue weighted by Crippen LogP contribution is 1.94. The number of ether oxygens (including phenoxy) is 2. The third kappa shape index (κ3) is 9.15. The fraction of sp³-hybridized carbons (Fsp3) is 0.333. The molecule has 4 heteroatoms. The van der Waals surface area contributed by atoms with Crippen molar-refractivity contribution in [1.29, 1.82) is 0 Å². The van der Waals surface area contributed by atoms with Gasteiger partial charge in [0.2, 0.25) is 0 Å². The molecule has 0 aliphatic heterocycles. The van der Waals surface area contributed by atoms with Gasteiger partial charge in [0.25, 0.3) is 0 Å². The number of carbonyl (C=O) groups excluding carboxylic acids is 1. The Hall–Kier alpha value is -1.42. The SMILES string of the molecule is C=C(C)COC(=O)/C=C\C(=S)OCC(=C)C. The molecule has 0 bridgehead atoms. The third-order valence-corrected chi connectivity index (χ3v) is 1.53. The first-order valence-corrected chi connectivity index (χ1v) is 5.13. The lowest BCUT2D eigenvalue weighted by Crippen LogP contribution is -2.05. The lowest BCUT2D eigenvalue weighted by molar-refractivity contribution is -0.136. The van der Waals surface area contributed by atoms with Crippen molar-refractivity contribution in [2.75, 3.05) is 13.2 Å². The fourth-order valence-electron chi connectivity index (χ4n) is 0.621. The molecule has 0 saturated carbocycles. The molecule has 0 aromatic rings. The Balaban J connectivity index is 3.88. The van der Waals surface area contributed by atoms with Crippen LogP contribution in [0.1, 0.15) is 13.8 Å². The van der Waals surface area contributed by atoms with Gasteiger partial charge in [0.15, 0.2) is 5.05 Å². The summed E-state index contributed by atoms with van der Waals surface area (Å²) >= 11 is 4.85. The van der Waals surface area contributed by atoms with E-state index in [0.29, 0.717) is 6.61 Å². The average Bonchev–Trinajstić information content (AvgIpc) is 2.20. The summed E-state index contributed by atoms with van der Waals surface area (Å²) in [4.78, 5) is 11.1. The minimum atomic E-state index is -0.468. The predicted molar refractivity (Wildman–Crippen MR) is 68.3 cm³/mol. The summed E-state index contributed by atoms with van der Waals surface area (Å²) in [6, 6.07) is 0. The highest BCUT2D eigenvalue weighted by Gasteiger charge is 1.98. The van der Waals surface area contributed by atoms with E-state index < -0.39 is 5.97 Å². The summed E-state index contributed by atoms with van der Waals surface area (Å²) in [5.74, 6) is -0.468. The van der Waals surface area contributed by atoms with Crippen LogP contribution in [0, 0.1) is 0 Å². The van der Waals surface area contributed by atoms with Crippen LogP contribution in [0.5, 0.6) is 0 Å². The van der Waals surface area contributed by atoms with Crippen molar-refractivity contribution in [1.82, 2.24) is 0 Å². The van der Waals surface area contributed by atoms with Gasteiger partial charge < -0.3 is 9.47 Å². The summed E-state index contributed by atoms with van der Waals surface area (Å²) in [5, 5.41) is 0.232. The molecule has 0 spiro atoms. The van der Waals surface area contributed by atoms with Crippen LogP contribution < -0.4 is 0 Å². The quantitative estimate of drug-likeness (QED) is 0.309. The van der Waals surface area contributed by atoms with E-state index in [-0.39, 0.29) is 11.7 Å². The molecule has 0 aliphatic carbocycles. The zero-order valence-corrected chi connectivity index (χ0v) is 10.4. The topological polar surface area (TPSA) is 35.5 Å². The Morgan fingerprint density at radius 1 is 1.12 bits per heavy atom. The van der Waals surface area contributed by atoms with Gasteiger partial charge in [0.1, 0.15) is 13.2 Å². The normalized spacial score (nSPS) is 9.88. The van der Waals surface area contributed by atoms with E-state index in [0.717, 1.165) is 11.1 Å². The van der Waals surface area contributed by atoms with Crippen LogP contribution in [0.15, 0.2) is 36.5 Å². The Morgan fingerprint density at radius 2 is 1.62 bits per heavy atom. The van der Waals surface area contributed by atoms with Crippen LogP contribution in [0.2, 0.25) is 0 Å². The molecule has 3 nitrogen and oxygen atoms in total. The molecule has 0 heterocycles. The molecule has 0 unspecified atom stereocenters. The number of hydrogen-bond donors (Lipinski definition) is 0. The van der Waals surface area contributed by atoms with Crippen molar-refractivity contribution in [2.45, 2.75) is 13.8 Å². The van der Waals surface area contributed by atoms with Gasteiger partial charge in [-0.25, -0.2) is 4.79 Å². The van der Waals surface area contributed by atoms with E-state index >= 15 is 0 Å². The molecule has 88 valence electrons. The molecule has 0 aromatic carbocycles. The second-order valence-electron chi connectivity index (χ2n) is 3.46. The van der Waals surface area contributed by atoms with Gasteiger partial charge in [-0.3, -0.25) is 0 Å². The summed E-state index contributed by atoms with van der Waals surface area (Å²) in [5.41, 5.74) is 1.64. The average molecular weight is 240 g/mol. The van der Waals surface area contributed by atoms with Crippen LogP contribution in [-0.2, 0) is 14.3 Å². The number of rotatable bonds is 6. The zero-order valence-electron chi connectivity index (χ0n) is 9.62. The Kier molecular flexibility index (Phi) is 7.12. The Labute approximate surface area is 101 Å². The number of hydrogen-bond acceptors (Lipinski definition) is 4. The molecule has 0 rings (SSSR count). The zero-order chi connectivity index (χ0) is 12.6. The van der Waals surface area contributed by atoms with Gasteiger partial charge in [0.05, 0.1) is 0 Å². The molecule has 0 N–H and O–H groups in total. The summed E-state index contributed by atoms with van der Waals surface area (Å²) < 4.78 is 9.92. The Morgan fingerprint density at radius 3 is 2.12 bits per heavy atom. The van der Waals surface area contributed by atoms with Gasteiger partial charge in [0, 0.05) is 6.08 Å². The Bertz CT molecular complexity index is 297. The molecular weight excluding hydrogens is 224 g/mol. The van der Waals surface area contributed by atoms with Crippen LogP contribution in [0.3, 0.4) is 0 Å². The van der Waals surface area contributed by atoms with E-state index in [1.807, 2.05) is 6.92 Å². The van der Waals surface area contributed by atoms with Gasteiger partial charge >= 0.3 is 5.97 Å². The first-order valence-electron chi connectivity index (χ1n) is 4.72. The van der Waals surface area contributed by atoms with Crippen molar-refractivity contribution in [3.63, 3.8) is 0 Å². The van der Waals surface area contributed by atoms with Crippen molar-refractivity contribution < 1.29 is 14.3 Å². The molecule has 0 aromatic heterocycles. The largest absolute Gasteiger partial charge is 0.479 e. The van der Waals surface area contributed by atoms with Gasteiger partial charge in [-0.05, 0) is 43.3 Å². The molecule has 0 amide bonds. The number of thiocarbonyl (C=S) groups is 1. The van der Waals surface area contributed by atoms with Crippen LogP contribution in [0.4, 0.5) is 0 Å². The molecule has 0 atom stereocenters. The highest BCUT2D eigenvalue weighted by atomic mass is 32.1. The van der Waals surface area contributed by atoms with Crippen LogP contribution in [-0.4, -0.2) is 24.2 Å². The maximum absolute atomic E-state index is 11.1. The van der Waals surface area contributed by atoms with E-state index in [4.69, 9.17) is 21.7 Å². The number of esters is 1. The molecule has 16 heavy (non-hydrogen) atoms. The first-order chi connectivity index (χ1) is 7.41. The minimum Gasteiger partial charge on any atom is -0.479 e. The monoisotopic (exact) mass is 240 g/mol. The summed E-state index contributed by atoms with van der Waals surface area (Å²) in [7, 11) is 0. The van der Waals surface area contributed by atoms with Gasteiger partial charge in [-0.15, -0.1) is 0 Å². The van der Waals surface area contributed by atoms with Crippen molar-refractivity contribution in [2.24, 2.45) is 0 Å². The maximum Gasteiger partial charge on any atom is 0.331 e. The highest BCUT2D eigenvalue weighted by molar-refractivity contribution is 7.80. The second-order valence-corrected chi connectivity index (χ2v) is 3.87. The lowest BCUT2D eigenvalue weighted by atomic mass is 10.4. The predicted octanol–water partition coefficient (Wildman–Crippen LogP) is 2.58. The smallest absolute Gasteiger partial charge is 0.331 e. The molecule has 0 radical (unpaired) electrons. The molecule has 0 saturated heterocycles. The van der Waals surface area contributed by atoms with E-state index in [2.05, 4.69) is 13.2 Å². The minimum absolute atomic E-state index is 0.211. The standard InChI is InChI=1S/C12H16O3S/c1-9(2)7-14-11(13)5-6-12(16)15-8-10(3)4/h5-6H,1,3,7-8H2,2,4H3/b6-5-. The lowest BCUT2D eigenvalue weighted by Gasteiger charge is -2.03. The molecule has 0 fully saturated rings. The second kappa shape index (κ2) is 7.82. The van der Waals surface area contributed by atoms with Gasteiger partial charge in [-0.1, -0.05) is 13.2 Å². The molecular formula is C12H16O3S. The van der Waals surface area contributed by atoms with Crippen molar-refractivity contribution in [3.05, 3.63) is 36.5 Å². The summed E-state index contributed by atoms with van der Waals surface area (Å²) in [6.07, 6.45) is 2.61. The van der Waals surface area contributed by atoms with Crippen molar-refractivity contribution >= 4 is 23.2 Å². The number of carbonyl (C=O) groups is 1. The van der Waals surface area contributed by atoms with E-state index in [1.165, 1.54) is 12.2 Å². The first kappa shape index (κ1) is 14.6. The van der Waals surface area contributed by atoms with Crippen molar-refractivity contribution in [3.8, 4) is 0 Å². The van der Waals surface area contributed by atoms with E-state index in [1.54, 1.807) is 6.92 Å². The fourth-order valence-corrected chi connectivity index (χ4v) is 0.748. The summed E-state index contributed by atoms with van der Waals surface area (Å²) in [6.45, 7) is 11.4. The van der Waals surface area contributed by atoms with Crippen LogP contribution in [0.25, 0.3) is 0 Å². The van der Waals surface area contributed by atoms with Crippen LogP contribution >= 0.6 is 12.2 Å². The third-order valence-electron chi connectivity index (χ3n) is 1.28.